The zero-order valence-corrected chi connectivity index (χ0v) is 18.7. The number of esters is 1. The van der Waals surface area contributed by atoms with Gasteiger partial charge in [-0.3, -0.25) is 15.4 Å². The van der Waals surface area contributed by atoms with Crippen LogP contribution in [0.2, 0.25) is 0 Å². The van der Waals surface area contributed by atoms with Crippen LogP contribution in [0.5, 0.6) is 0 Å². The molecule has 0 radical (unpaired) electrons. The van der Waals surface area contributed by atoms with Crippen LogP contribution in [0.15, 0.2) is 42.5 Å². The number of carbonyl (C=O) groups excluding carboxylic acids is 4. The van der Waals surface area contributed by atoms with Crippen molar-refractivity contribution in [2.24, 2.45) is 0 Å². The number of urea groups is 1. The van der Waals surface area contributed by atoms with Crippen LogP contribution in [0.4, 0.5) is 21.0 Å². The summed E-state index contributed by atoms with van der Waals surface area (Å²) in [7, 11) is 0. The Morgan fingerprint density at radius 1 is 0.938 bits per heavy atom. The molecular weight excluding hydrogens is 414 g/mol. The van der Waals surface area contributed by atoms with Gasteiger partial charge in [-0.2, -0.15) is 0 Å². The molecule has 0 bridgehead atoms. The van der Waals surface area contributed by atoms with Crippen molar-refractivity contribution >= 4 is 35.4 Å². The first kappa shape index (κ1) is 24.4. The maximum atomic E-state index is 12.2. The zero-order valence-electron chi connectivity index (χ0n) is 18.7. The highest BCUT2D eigenvalue weighted by molar-refractivity contribution is 6.02. The van der Waals surface area contributed by atoms with Gasteiger partial charge in [-0.05, 0) is 70.0 Å². The molecule has 0 unspecified atom stereocenters. The summed E-state index contributed by atoms with van der Waals surface area (Å²) in [5.41, 5.74) is 2.21. The van der Waals surface area contributed by atoms with Gasteiger partial charge in [0.1, 0.15) is 5.60 Å². The monoisotopic (exact) mass is 441 g/mol. The fourth-order valence-electron chi connectivity index (χ4n) is 2.56. The van der Waals surface area contributed by atoms with Crippen molar-refractivity contribution in [2.75, 3.05) is 17.2 Å². The Morgan fingerprint density at radius 3 is 2.31 bits per heavy atom. The summed E-state index contributed by atoms with van der Waals surface area (Å²) in [6, 6.07) is 10.6. The second-order valence-electron chi connectivity index (χ2n) is 8.03. The average molecular weight is 441 g/mol. The van der Waals surface area contributed by atoms with E-state index in [1.807, 2.05) is 19.9 Å². The Hall–Kier alpha value is -3.88. The van der Waals surface area contributed by atoms with Gasteiger partial charge >= 0.3 is 18.1 Å². The van der Waals surface area contributed by atoms with Crippen LogP contribution in [0, 0.1) is 13.8 Å². The number of nitrogens with one attached hydrogen (secondary N) is 3. The highest BCUT2D eigenvalue weighted by Crippen LogP contribution is 2.18. The fourth-order valence-corrected chi connectivity index (χ4v) is 2.56. The number of aryl methyl sites for hydroxylation is 1. The van der Waals surface area contributed by atoms with E-state index in [2.05, 4.69) is 16.0 Å². The van der Waals surface area contributed by atoms with Gasteiger partial charge in [0.25, 0.3) is 5.91 Å². The van der Waals surface area contributed by atoms with Gasteiger partial charge in [-0.15, -0.1) is 0 Å². The molecule has 2 aromatic carbocycles. The highest BCUT2D eigenvalue weighted by atomic mass is 16.6. The summed E-state index contributed by atoms with van der Waals surface area (Å²) in [5, 5.41) is 7.20. The zero-order chi connectivity index (χ0) is 23.9. The molecule has 0 spiro atoms. The number of hydrogen-bond acceptors (Lipinski definition) is 6. The average Bonchev–Trinajstić information content (AvgIpc) is 2.68. The maximum Gasteiger partial charge on any atom is 0.412 e. The van der Waals surface area contributed by atoms with Crippen molar-refractivity contribution in [3.8, 4) is 0 Å². The standard InChI is InChI=1S/C23H27N3O6/c1-14-8-6-11-18(15(14)2)25-21(29)26-19(27)13-31-20(28)16-9-7-10-17(12-16)24-22(30)32-23(3,4)5/h6-12H,13H2,1-5H3,(H,24,30)(H2,25,26,27,29). The van der Waals surface area contributed by atoms with E-state index in [0.717, 1.165) is 11.1 Å². The quantitative estimate of drug-likeness (QED) is 0.599. The van der Waals surface area contributed by atoms with E-state index in [1.165, 1.54) is 12.1 Å². The lowest BCUT2D eigenvalue weighted by molar-refractivity contribution is -0.123. The smallest absolute Gasteiger partial charge is 0.412 e. The third-order valence-electron chi connectivity index (χ3n) is 4.18. The molecule has 2 rings (SSSR count). The van der Waals surface area contributed by atoms with E-state index in [9.17, 15) is 19.2 Å². The van der Waals surface area contributed by atoms with Crippen LogP contribution < -0.4 is 16.0 Å². The topological polar surface area (TPSA) is 123 Å². The van der Waals surface area contributed by atoms with E-state index < -0.39 is 36.2 Å². The van der Waals surface area contributed by atoms with Gasteiger partial charge in [0.15, 0.2) is 6.61 Å². The Balaban J connectivity index is 1.86. The normalized spacial score (nSPS) is 10.7. The van der Waals surface area contributed by atoms with Crippen molar-refractivity contribution in [1.82, 2.24) is 5.32 Å². The first-order valence-electron chi connectivity index (χ1n) is 9.89. The van der Waals surface area contributed by atoms with E-state index in [1.54, 1.807) is 45.0 Å². The van der Waals surface area contributed by atoms with Gasteiger partial charge in [-0.25, -0.2) is 14.4 Å². The Morgan fingerprint density at radius 2 is 1.62 bits per heavy atom. The largest absolute Gasteiger partial charge is 0.452 e. The Labute approximate surface area is 186 Å². The van der Waals surface area contributed by atoms with Gasteiger partial charge in [0.2, 0.25) is 0 Å². The van der Waals surface area contributed by atoms with Crippen molar-refractivity contribution in [3.05, 3.63) is 59.2 Å². The minimum absolute atomic E-state index is 0.117. The summed E-state index contributed by atoms with van der Waals surface area (Å²) in [5.74, 6) is -1.58. The van der Waals surface area contributed by atoms with Crippen molar-refractivity contribution in [2.45, 2.75) is 40.2 Å². The molecule has 3 N–H and O–H groups in total. The molecule has 32 heavy (non-hydrogen) atoms. The van der Waals surface area contributed by atoms with Crippen LogP contribution in [0.25, 0.3) is 0 Å². The van der Waals surface area contributed by atoms with Crippen molar-refractivity contribution in [3.63, 3.8) is 0 Å². The molecule has 0 fully saturated rings. The lowest BCUT2D eigenvalue weighted by Gasteiger charge is -2.19. The Kier molecular flexibility index (Phi) is 7.95. The van der Waals surface area contributed by atoms with E-state index in [0.29, 0.717) is 11.4 Å². The number of amides is 4. The SMILES string of the molecule is Cc1cccc(NC(=O)NC(=O)COC(=O)c2cccc(NC(=O)OC(C)(C)C)c2)c1C. The minimum Gasteiger partial charge on any atom is -0.452 e. The highest BCUT2D eigenvalue weighted by Gasteiger charge is 2.17. The summed E-state index contributed by atoms with van der Waals surface area (Å²) in [4.78, 5) is 48.1. The van der Waals surface area contributed by atoms with E-state index >= 15 is 0 Å². The van der Waals surface area contributed by atoms with Crippen LogP contribution in [-0.4, -0.2) is 36.2 Å². The molecule has 0 aromatic heterocycles. The second-order valence-corrected chi connectivity index (χ2v) is 8.03. The number of hydrogen-bond donors (Lipinski definition) is 3. The molecular formula is C23H27N3O6. The number of ether oxygens (including phenoxy) is 2. The molecule has 0 aliphatic heterocycles. The van der Waals surface area contributed by atoms with E-state index in [-0.39, 0.29) is 5.56 Å². The van der Waals surface area contributed by atoms with Gasteiger partial charge in [0.05, 0.1) is 5.56 Å². The van der Waals surface area contributed by atoms with Gasteiger partial charge in [0, 0.05) is 11.4 Å². The van der Waals surface area contributed by atoms with Crippen molar-refractivity contribution < 1.29 is 28.7 Å². The molecule has 0 aliphatic rings. The first-order valence-corrected chi connectivity index (χ1v) is 9.89. The minimum atomic E-state index is -0.789. The molecule has 170 valence electrons. The molecule has 4 amide bonds. The fraction of sp³-hybridized carbons (Fsp3) is 0.304. The number of rotatable bonds is 5. The molecule has 0 aliphatic carbocycles. The maximum absolute atomic E-state index is 12.2. The number of anilines is 2. The van der Waals surface area contributed by atoms with Crippen LogP contribution in [0.1, 0.15) is 42.3 Å². The lowest BCUT2D eigenvalue weighted by Crippen LogP contribution is -2.37. The number of carbonyl (C=O) groups is 4. The van der Waals surface area contributed by atoms with Gasteiger partial charge in [-0.1, -0.05) is 18.2 Å². The summed E-state index contributed by atoms with van der Waals surface area (Å²) < 4.78 is 10.1. The molecule has 9 nitrogen and oxygen atoms in total. The van der Waals surface area contributed by atoms with Crippen LogP contribution in [0.3, 0.4) is 0 Å². The number of benzene rings is 2. The molecule has 0 saturated heterocycles. The predicted molar refractivity (Wildman–Crippen MR) is 120 cm³/mol. The molecule has 9 heteroatoms. The van der Waals surface area contributed by atoms with Crippen molar-refractivity contribution in [1.29, 1.82) is 0 Å². The third kappa shape index (κ3) is 7.75. The second kappa shape index (κ2) is 10.4. The van der Waals surface area contributed by atoms with Gasteiger partial charge < -0.3 is 14.8 Å². The van der Waals surface area contributed by atoms with Crippen LogP contribution in [-0.2, 0) is 14.3 Å². The number of imide groups is 1. The summed E-state index contributed by atoms with van der Waals surface area (Å²) in [6.45, 7) is 8.29. The Bertz CT molecular complexity index is 1030. The first-order chi connectivity index (χ1) is 14.9. The summed E-state index contributed by atoms with van der Waals surface area (Å²) in [6.07, 6.45) is -0.669. The molecule has 0 saturated carbocycles. The molecule has 2 aromatic rings. The molecule has 0 atom stereocenters. The van der Waals surface area contributed by atoms with E-state index in [4.69, 9.17) is 9.47 Å². The third-order valence-corrected chi connectivity index (χ3v) is 4.18. The lowest BCUT2D eigenvalue weighted by atomic mass is 10.1. The predicted octanol–water partition coefficient (Wildman–Crippen LogP) is 4.16. The molecule has 0 heterocycles. The van der Waals surface area contributed by atoms with Crippen LogP contribution >= 0.6 is 0 Å². The summed E-state index contributed by atoms with van der Waals surface area (Å²) >= 11 is 0.